The minimum absolute atomic E-state index is 0.0928. The summed E-state index contributed by atoms with van der Waals surface area (Å²) in [7, 11) is 1.65. The van der Waals surface area contributed by atoms with Crippen LogP contribution in [0.5, 0.6) is 5.75 Å². The Hall–Kier alpha value is -2.78. The quantitative estimate of drug-likeness (QED) is 0.630. The average molecular weight is 344 g/mol. The molecule has 0 amide bonds. The van der Waals surface area contributed by atoms with Gasteiger partial charge in [-0.25, -0.2) is 0 Å². The topological polar surface area (TPSA) is 26.3 Å². The maximum atomic E-state index is 13.0. The van der Waals surface area contributed by atoms with Crippen molar-refractivity contribution in [1.29, 1.82) is 0 Å². The Morgan fingerprint density at radius 2 is 1.40 bits per heavy atom. The van der Waals surface area contributed by atoms with Crippen LogP contribution in [0.25, 0.3) is 5.57 Å². The van der Waals surface area contributed by atoms with Gasteiger partial charge in [-0.3, -0.25) is 4.79 Å². The molecule has 0 spiro atoms. The van der Waals surface area contributed by atoms with Gasteiger partial charge in [0, 0.05) is 16.0 Å². The van der Waals surface area contributed by atoms with Crippen LogP contribution in [-0.4, -0.2) is 12.9 Å². The summed E-state index contributed by atoms with van der Waals surface area (Å²) in [5, 5.41) is 0. The second-order valence-electron chi connectivity index (χ2n) is 5.72. The minimum Gasteiger partial charge on any atom is -0.497 e. The van der Waals surface area contributed by atoms with Crippen LogP contribution >= 0.6 is 11.8 Å². The monoisotopic (exact) mass is 344 g/mol. The van der Waals surface area contributed by atoms with Gasteiger partial charge >= 0.3 is 0 Å². The fraction of sp³-hybridized carbons (Fsp3) is 0.0455. The smallest absolute Gasteiger partial charge is 0.200 e. The number of allylic oxidation sites excluding steroid dienone is 1. The van der Waals surface area contributed by atoms with Gasteiger partial charge in [-0.15, -0.1) is 0 Å². The summed E-state index contributed by atoms with van der Waals surface area (Å²) in [5.74, 6) is 0.901. The molecule has 3 aromatic carbocycles. The van der Waals surface area contributed by atoms with E-state index in [1.54, 1.807) is 7.11 Å². The number of ketones is 1. The fourth-order valence-corrected chi connectivity index (χ4v) is 4.05. The van der Waals surface area contributed by atoms with Crippen molar-refractivity contribution in [2.45, 2.75) is 4.90 Å². The van der Waals surface area contributed by atoms with Crippen LogP contribution in [0.4, 0.5) is 0 Å². The number of rotatable bonds is 4. The van der Waals surface area contributed by atoms with E-state index in [-0.39, 0.29) is 5.78 Å². The van der Waals surface area contributed by atoms with Crippen molar-refractivity contribution < 1.29 is 9.53 Å². The molecule has 0 aromatic heterocycles. The van der Waals surface area contributed by atoms with Crippen LogP contribution in [0, 0.1) is 0 Å². The van der Waals surface area contributed by atoms with E-state index in [2.05, 4.69) is 12.1 Å². The van der Waals surface area contributed by atoms with Crippen LogP contribution < -0.4 is 4.74 Å². The normalized spacial score (nSPS) is 13.1. The number of Topliss-reactive ketones (excluding diaryl/α,β-unsaturated/α-hetero) is 1. The van der Waals surface area contributed by atoms with Crippen molar-refractivity contribution in [3.05, 3.63) is 100 Å². The molecule has 0 N–H and O–H groups in total. The maximum Gasteiger partial charge on any atom is 0.200 e. The van der Waals surface area contributed by atoms with Gasteiger partial charge in [0.2, 0.25) is 5.78 Å². The number of fused-ring (bicyclic) bond motifs is 1. The van der Waals surface area contributed by atoms with Crippen LogP contribution in [0.15, 0.2) is 88.7 Å². The molecule has 1 aliphatic carbocycles. The molecule has 1 aliphatic rings. The second kappa shape index (κ2) is 6.61. The molecule has 0 atom stereocenters. The molecule has 0 bridgehead atoms. The van der Waals surface area contributed by atoms with Gasteiger partial charge in [0.1, 0.15) is 5.75 Å². The first-order valence-electron chi connectivity index (χ1n) is 8.03. The Morgan fingerprint density at radius 3 is 2.08 bits per heavy atom. The molecule has 0 aliphatic heterocycles. The first-order valence-corrected chi connectivity index (χ1v) is 8.85. The molecule has 0 saturated heterocycles. The van der Waals surface area contributed by atoms with Crippen molar-refractivity contribution in [1.82, 2.24) is 0 Å². The molecular formula is C22H16O2S. The van der Waals surface area contributed by atoms with Crippen molar-refractivity contribution >= 4 is 23.1 Å². The lowest BCUT2D eigenvalue weighted by atomic mass is 9.99. The first-order chi connectivity index (χ1) is 12.3. The Kier molecular flexibility index (Phi) is 4.16. The Morgan fingerprint density at radius 1 is 0.760 bits per heavy atom. The molecule has 2 nitrogen and oxygen atoms in total. The van der Waals surface area contributed by atoms with Gasteiger partial charge in [-0.1, -0.05) is 66.4 Å². The summed E-state index contributed by atoms with van der Waals surface area (Å²) < 4.78 is 5.21. The van der Waals surface area contributed by atoms with Crippen molar-refractivity contribution in [3.63, 3.8) is 0 Å². The second-order valence-corrected chi connectivity index (χ2v) is 6.81. The van der Waals surface area contributed by atoms with Crippen LogP contribution in [0.2, 0.25) is 0 Å². The van der Waals surface area contributed by atoms with E-state index in [1.807, 2.05) is 66.7 Å². The van der Waals surface area contributed by atoms with E-state index in [4.69, 9.17) is 4.74 Å². The highest BCUT2D eigenvalue weighted by Crippen LogP contribution is 2.44. The molecule has 0 heterocycles. The van der Waals surface area contributed by atoms with Crippen molar-refractivity contribution in [2.24, 2.45) is 0 Å². The van der Waals surface area contributed by atoms with Gasteiger partial charge in [0.25, 0.3) is 0 Å². The van der Waals surface area contributed by atoms with E-state index in [1.165, 1.54) is 11.8 Å². The summed E-state index contributed by atoms with van der Waals surface area (Å²) in [5.41, 5.74) is 3.87. The summed E-state index contributed by atoms with van der Waals surface area (Å²) >= 11 is 1.51. The molecule has 3 aromatic rings. The first kappa shape index (κ1) is 15.7. The largest absolute Gasteiger partial charge is 0.497 e. The van der Waals surface area contributed by atoms with Crippen LogP contribution in [0.1, 0.15) is 21.5 Å². The number of carbonyl (C=O) groups excluding carboxylic acids is 1. The Bertz CT molecular complexity index is 957. The zero-order valence-electron chi connectivity index (χ0n) is 13.7. The molecule has 0 fully saturated rings. The third-order valence-corrected chi connectivity index (χ3v) is 5.32. The third-order valence-electron chi connectivity index (χ3n) is 4.22. The molecular weight excluding hydrogens is 328 g/mol. The lowest BCUT2D eigenvalue weighted by Crippen LogP contribution is -1.95. The SMILES string of the molecule is COc1ccc(SC2=C(c3ccccc3)c3ccccc3C2=O)cc1. The zero-order chi connectivity index (χ0) is 17.2. The lowest BCUT2D eigenvalue weighted by molar-refractivity contribution is 0.104. The van der Waals surface area contributed by atoms with Gasteiger partial charge in [0.05, 0.1) is 12.0 Å². The maximum absolute atomic E-state index is 13.0. The van der Waals surface area contributed by atoms with E-state index in [0.29, 0.717) is 0 Å². The molecule has 25 heavy (non-hydrogen) atoms. The van der Waals surface area contributed by atoms with Crippen molar-refractivity contribution in [2.75, 3.05) is 7.11 Å². The molecule has 122 valence electrons. The number of benzene rings is 3. The fourth-order valence-electron chi connectivity index (χ4n) is 3.01. The van der Waals surface area contributed by atoms with Crippen LogP contribution in [0.3, 0.4) is 0 Å². The highest BCUT2D eigenvalue weighted by atomic mass is 32.2. The van der Waals surface area contributed by atoms with Gasteiger partial charge < -0.3 is 4.74 Å². The predicted molar refractivity (Wildman–Crippen MR) is 102 cm³/mol. The molecule has 0 saturated carbocycles. The zero-order valence-corrected chi connectivity index (χ0v) is 14.5. The van der Waals surface area contributed by atoms with Gasteiger partial charge in [-0.2, -0.15) is 0 Å². The summed E-state index contributed by atoms with van der Waals surface area (Å²) in [6.07, 6.45) is 0. The van der Waals surface area contributed by atoms with E-state index in [9.17, 15) is 4.79 Å². The number of hydrogen-bond acceptors (Lipinski definition) is 3. The third kappa shape index (κ3) is 2.87. The predicted octanol–water partition coefficient (Wildman–Crippen LogP) is 5.44. The number of carbonyl (C=O) groups is 1. The van der Waals surface area contributed by atoms with E-state index < -0.39 is 0 Å². The van der Waals surface area contributed by atoms with Crippen LogP contribution in [-0.2, 0) is 0 Å². The highest BCUT2D eigenvalue weighted by molar-refractivity contribution is 8.04. The van der Waals surface area contributed by atoms with Gasteiger partial charge in [0.15, 0.2) is 0 Å². The summed E-state index contributed by atoms with van der Waals surface area (Å²) in [4.78, 5) is 14.8. The molecule has 0 unspecified atom stereocenters. The summed E-state index contributed by atoms with van der Waals surface area (Å²) in [6.45, 7) is 0. The molecule has 0 radical (unpaired) electrons. The Balaban J connectivity index is 1.82. The molecule has 4 rings (SSSR count). The van der Waals surface area contributed by atoms with Crippen molar-refractivity contribution in [3.8, 4) is 5.75 Å². The van der Waals surface area contributed by atoms with Gasteiger partial charge in [-0.05, 0) is 35.4 Å². The standard InChI is InChI=1S/C22H16O2S/c1-24-16-11-13-17(14-12-16)25-22-20(15-7-3-2-4-8-15)18-9-5-6-10-19(18)21(22)23/h2-14H,1H3. The van der Waals surface area contributed by atoms with E-state index in [0.717, 1.165) is 37.8 Å². The minimum atomic E-state index is 0.0928. The number of methoxy groups -OCH3 is 1. The number of thioether (sulfide) groups is 1. The highest BCUT2D eigenvalue weighted by Gasteiger charge is 2.30. The lowest BCUT2D eigenvalue weighted by Gasteiger charge is -2.08. The number of hydrogen-bond donors (Lipinski definition) is 0. The average Bonchev–Trinajstić information content (AvgIpc) is 2.95. The van der Waals surface area contributed by atoms with E-state index >= 15 is 0 Å². The number of ether oxygens (including phenoxy) is 1. The molecule has 3 heteroatoms. The summed E-state index contributed by atoms with van der Waals surface area (Å²) in [6, 6.07) is 25.7. The Labute approximate surface area is 151 Å².